The maximum Gasteiger partial charge on any atom is 0.409 e. The standard InChI is InChI=1S/C7H12N2O4/c1-13-7(12)9-2-4(3-9)5(8)6(10)11/h4-5H,2-3,8H2,1H3,(H,10,11)/t5-/m1/s1. The molecule has 0 radical (unpaired) electrons. The number of ether oxygens (including phenoxy) is 1. The van der Waals surface area contributed by atoms with Gasteiger partial charge in [-0.25, -0.2) is 4.79 Å². The Morgan fingerprint density at radius 2 is 2.15 bits per heavy atom. The number of nitrogens with zero attached hydrogens (tertiary/aromatic N) is 1. The number of aliphatic carboxylic acids is 1. The first-order valence-electron chi connectivity index (χ1n) is 3.87. The summed E-state index contributed by atoms with van der Waals surface area (Å²) in [6, 6.07) is -0.888. The van der Waals surface area contributed by atoms with Gasteiger partial charge in [0.25, 0.3) is 0 Å². The second-order valence-corrected chi connectivity index (χ2v) is 3.00. The lowest BCUT2D eigenvalue weighted by Gasteiger charge is -2.39. The summed E-state index contributed by atoms with van der Waals surface area (Å²) in [7, 11) is 1.28. The molecule has 1 rings (SSSR count). The molecule has 0 aromatic carbocycles. The molecule has 0 saturated carbocycles. The highest BCUT2D eigenvalue weighted by Crippen LogP contribution is 2.18. The smallest absolute Gasteiger partial charge is 0.409 e. The molecule has 74 valence electrons. The predicted octanol–water partition coefficient (Wildman–Crippen LogP) is -0.903. The van der Waals surface area contributed by atoms with Crippen molar-refractivity contribution in [1.82, 2.24) is 4.90 Å². The predicted molar refractivity (Wildman–Crippen MR) is 43.1 cm³/mol. The molecular formula is C7H12N2O4. The number of carboxylic acid groups (broad SMARTS) is 1. The number of likely N-dealkylation sites (tertiary alicyclic amines) is 1. The second kappa shape index (κ2) is 3.61. The maximum absolute atomic E-state index is 10.8. The van der Waals surface area contributed by atoms with Gasteiger partial charge in [-0.2, -0.15) is 0 Å². The third kappa shape index (κ3) is 1.89. The van der Waals surface area contributed by atoms with Gasteiger partial charge in [0, 0.05) is 19.0 Å². The summed E-state index contributed by atoms with van der Waals surface area (Å²) in [5.41, 5.74) is 5.35. The summed E-state index contributed by atoms with van der Waals surface area (Å²) in [4.78, 5) is 22.7. The third-order valence-electron chi connectivity index (χ3n) is 2.14. The van der Waals surface area contributed by atoms with E-state index in [-0.39, 0.29) is 5.92 Å². The van der Waals surface area contributed by atoms with Crippen LogP contribution in [0.15, 0.2) is 0 Å². The van der Waals surface area contributed by atoms with Crippen LogP contribution >= 0.6 is 0 Å². The highest BCUT2D eigenvalue weighted by molar-refractivity contribution is 5.75. The fourth-order valence-electron chi connectivity index (χ4n) is 1.22. The normalized spacial score (nSPS) is 19.1. The Morgan fingerprint density at radius 1 is 1.62 bits per heavy atom. The van der Waals surface area contributed by atoms with Gasteiger partial charge in [-0.15, -0.1) is 0 Å². The van der Waals surface area contributed by atoms with E-state index in [0.29, 0.717) is 13.1 Å². The van der Waals surface area contributed by atoms with Crippen molar-refractivity contribution in [1.29, 1.82) is 0 Å². The number of carbonyl (C=O) groups excluding carboxylic acids is 1. The van der Waals surface area contributed by atoms with E-state index in [9.17, 15) is 9.59 Å². The molecule has 1 saturated heterocycles. The third-order valence-corrected chi connectivity index (χ3v) is 2.14. The first-order valence-corrected chi connectivity index (χ1v) is 3.87. The molecule has 1 heterocycles. The van der Waals surface area contributed by atoms with E-state index in [1.54, 1.807) is 0 Å². The van der Waals surface area contributed by atoms with Gasteiger partial charge in [0.2, 0.25) is 0 Å². The Balaban J connectivity index is 2.33. The molecular weight excluding hydrogens is 176 g/mol. The van der Waals surface area contributed by atoms with Crippen molar-refractivity contribution < 1.29 is 19.4 Å². The summed E-state index contributed by atoms with van der Waals surface area (Å²) >= 11 is 0. The van der Waals surface area contributed by atoms with Crippen LogP contribution < -0.4 is 5.73 Å². The lowest BCUT2D eigenvalue weighted by Crippen LogP contribution is -2.58. The van der Waals surface area contributed by atoms with E-state index in [1.165, 1.54) is 12.0 Å². The average Bonchev–Trinajstić information content (AvgIpc) is 2.00. The first-order chi connectivity index (χ1) is 6.06. The van der Waals surface area contributed by atoms with E-state index in [1.807, 2.05) is 0 Å². The lowest BCUT2D eigenvalue weighted by molar-refractivity contribution is -0.141. The van der Waals surface area contributed by atoms with Gasteiger partial charge >= 0.3 is 12.1 Å². The van der Waals surface area contributed by atoms with E-state index < -0.39 is 18.1 Å². The minimum absolute atomic E-state index is 0.156. The monoisotopic (exact) mass is 188 g/mol. The molecule has 13 heavy (non-hydrogen) atoms. The molecule has 0 aliphatic carbocycles. The summed E-state index contributed by atoms with van der Waals surface area (Å²) in [5, 5.41) is 8.54. The number of hydrogen-bond donors (Lipinski definition) is 2. The number of nitrogens with two attached hydrogens (primary N) is 1. The second-order valence-electron chi connectivity index (χ2n) is 3.00. The molecule has 0 bridgehead atoms. The summed E-state index contributed by atoms with van der Waals surface area (Å²) in [6.45, 7) is 0.723. The minimum atomic E-state index is -1.03. The molecule has 0 aromatic rings. The van der Waals surface area contributed by atoms with Crippen LogP contribution in [0, 0.1) is 5.92 Å². The number of methoxy groups -OCH3 is 1. The van der Waals surface area contributed by atoms with Crippen LogP contribution in [-0.2, 0) is 9.53 Å². The molecule has 0 spiro atoms. The van der Waals surface area contributed by atoms with Crippen molar-refractivity contribution in [3.8, 4) is 0 Å². The van der Waals surface area contributed by atoms with E-state index in [4.69, 9.17) is 10.8 Å². The largest absolute Gasteiger partial charge is 0.480 e. The molecule has 3 N–H and O–H groups in total. The van der Waals surface area contributed by atoms with Gasteiger partial charge in [0.15, 0.2) is 0 Å². The summed E-state index contributed by atoms with van der Waals surface area (Å²) in [6.07, 6.45) is -0.436. The van der Waals surface area contributed by atoms with E-state index >= 15 is 0 Å². The van der Waals surface area contributed by atoms with Gasteiger partial charge in [0.1, 0.15) is 6.04 Å². The Bertz CT molecular complexity index is 225. The van der Waals surface area contributed by atoms with E-state index in [0.717, 1.165) is 0 Å². The van der Waals surface area contributed by atoms with Crippen LogP contribution in [0.3, 0.4) is 0 Å². The molecule has 1 atom stereocenters. The van der Waals surface area contributed by atoms with Crippen LogP contribution in [0.2, 0.25) is 0 Å². The number of carbonyl (C=O) groups is 2. The van der Waals surface area contributed by atoms with Crippen molar-refractivity contribution in [2.75, 3.05) is 20.2 Å². The van der Waals surface area contributed by atoms with Crippen molar-refractivity contribution in [2.45, 2.75) is 6.04 Å². The minimum Gasteiger partial charge on any atom is -0.480 e. The Labute approximate surface area is 75.3 Å². The van der Waals surface area contributed by atoms with Crippen LogP contribution in [0.4, 0.5) is 4.79 Å². The fourth-order valence-corrected chi connectivity index (χ4v) is 1.22. The number of amides is 1. The maximum atomic E-state index is 10.8. The number of hydrogen-bond acceptors (Lipinski definition) is 4. The van der Waals surface area contributed by atoms with Gasteiger partial charge in [0.05, 0.1) is 7.11 Å². The highest BCUT2D eigenvalue weighted by atomic mass is 16.5. The Morgan fingerprint density at radius 3 is 2.54 bits per heavy atom. The van der Waals surface area contributed by atoms with Crippen LogP contribution in [0.1, 0.15) is 0 Å². The van der Waals surface area contributed by atoms with Gasteiger partial charge in [-0.05, 0) is 0 Å². The molecule has 0 aromatic heterocycles. The lowest BCUT2D eigenvalue weighted by atomic mass is 9.93. The zero-order valence-corrected chi connectivity index (χ0v) is 7.27. The average molecular weight is 188 g/mol. The van der Waals surface area contributed by atoms with Crippen molar-refractivity contribution in [3.05, 3.63) is 0 Å². The zero-order valence-electron chi connectivity index (χ0n) is 7.27. The van der Waals surface area contributed by atoms with E-state index in [2.05, 4.69) is 4.74 Å². The van der Waals surface area contributed by atoms with Gasteiger partial charge in [-0.1, -0.05) is 0 Å². The quantitative estimate of drug-likeness (QED) is 0.585. The molecule has 1 aliphatic heterocycles. The molecule has 6 nitrogen and oxygen atoms in total. The van der Waals surface area contributed by atoms with Crippen LogP contribution in [-0.4, -0.2) is 48.3 Å². The van der Waals surface area contributed by atoms with Crippen molar-refractivity contribution in [3.63, 3.8) is 0 Å². The molecule has 0 unspecified atom stereocenters. The van der Waals surface area contributed by atoms with Crippen molar-refractivity contribution >= 4 is 12.1 Å². The fraction of sp³-hybridized carbons (Fsp3) is 0.714. The summed E-state index contributed by atoms with van der Waals surface area (Å²) in [5.74, 6) is -1.19. The zero-order chi connectivity index (χ0) is 10.0. The van der Waals surface area contributed by atoms with Crippen LogP contribution in [0.5, 0.6) is 0 Å². The number of rotatable bonds is 2. The Hall–Kier alpha value is -1.30. The Kier molecular flexibility index (Phi) is 2.72. The van der Waals surface area contributed by atoms with Crippen LogP contribution in [0.25, 0.3) is 0 Å². The number of carboxylic acids is 1. The van der Waals surface area contributed by atoms with Crippen molar-refractivity contribution in [2.24, 2.45) is 11.7 Å². The van der Waals surface area contributed by atoms with Gasteiger partial charge in [-0.3, -0.25) is 4.79 Å². The topological polar surface area (TPSA) is 92.9 Å². The SMILES string of the molecule is COC(=O)N1CC([C@@H](N)C(=O)O)C1. The molecule has 1 fully saturated rings. The molecule has 1 amide bonds. The summed E-state index contributed by atoms with van der Waals surface area (Å²) < 4.78 is 4.44. The molecule has 1 aliphatic rings. The molecule has 6 heteroatoms. The highest BCUT2D eigenvalue weighted by Gasteiger charge is 2.38. The van der Waals surface area contributed by atoms with Gasteiger partial charge < -0.3 is 20.5 Å². The first kappa shape index (κ1) is 9.79.